The standard InChI is InChI=1S/C13H10N4O2/c1-16(11-6-4-10(9-14)5-7-11)13-12(17(18)19)3-2-8-15-13/h2-8H,1H3. The number of nitrogens with zero attached hydrogens (tertiary/aromatic N) is 4. The highest BCUT2D eigenvalue weighted by molar-refractivity contribution is 5.67. The van der Waals surface area contributed by atoms with Crippen LogP contribution in [0.15, 0.2) is 42.6 Å². The van der Waals surface area contributed by atoms with Crippen molar-refractivity contribution in [2.24, 2.45) is 0 Å². The van der Waals surface area contributed by atoms with E-state index in [4.69, 9.17) is 5.26 Å². The second kappa shape index (κ2) is 5.14. The highest BCUT2D eigenvalue weighted by Crippen LogP contribution is 2.29. The largest absolute Gasteiger partial charge is 0.324 e. The first-order valence-corrected chi connectivity index (χ1v) is 5.47. The SMILES string of the molecule is CN(c1ccc(C#N)cc1)c1ncccc1[N+](=O)[O-]. The van der Waals surface area contributed by atoms with Crippen LogP contribution in [-0.2, 0) is 0 Å². The average molecular weight is 254 g/mol. The summed E-state index contributed by atoms with van der Waals surface area (Å²) >= 11 is 0. The van der Waals surface area contributed by atoms with Crippen LogP contribution in [-0.4, -0.2) is 17.0 Å². The molecule has 0 spiro atoms. The van der Waals surface area contributed by atoms with E-state index in [1.165, 1.54) is 18.3 Å². The summed E-state index contributed by atoms with van der Waals surface area (Å²) in [6, 6.07) is 11.7. The predicted octanol–water partition coefficient (Wildman–Crippen LogP) is 2.63. The third-order valence-corrected chi connectivity index (χ3v) is 2.66. The van der Waals surface area contributed by atoms with Crippen molar-refractivity contribution in [3.8, 4) is 6.07 Å². The predicted molar refractivity (Wildman–Crippen MR) is 70.1 cm³/mol. The van der Waals surface area contributed by atoms with E-state index in [9.17, 15) is 10.1 Å². The van der Waals surface area contributed by atoms with E-state index in [1.807, 2.05) is 6.07 Å². The maximum atomic E-state index is 11.0. The first-order chi connectivity index (χ1) is 9.13. The summed E-state index contributed by atoms with van der Waals surface area (Å²) in [6.45, 7) is 0. The summed E-state index contributed by atoms with van der Waals surface area (Å²) < 4.78 is 0. The van der Waals surface area contributed by atoms with E-state index in [1.54, 1.807) is 36.2 Å². The van der Waals surface area contributed by atoms with Crippen LogP contribution in [0, 0.1) is 21.4 Å². The van der Waals surface area contributed by atoms with Gasteiger partial charge < -0.3 is 4.90 Å². The Morgan fingerprint density at radius 2 is 2.00 bits per heavy atom. The molecule has 2 rings (SSSR count). The van der Waals surface area contributed by atoms with Gasteiger partial charge in [-0.15, -0.1) is 0 Å². The summed E-state index contributed by atoms with van der Waals surface area (Å²) in [6.07, 6.45) is 1.50. The lowest BCUT2D eigenvalue weighted by Gasteiger charge is -2.17. The third kappa shape index (κ3) is 2.50. The molecule has 0 radical (unpaired) electrons. The molecule has 0 aliphatic rings. The average Bonchev–Trinajstić information content (AvgIpc) is 2.46. The van der Waals surface area contributed by atoms with Crippen molar-refractivity contribution < 1.29 is 4.92 Å². The van der Waals surface area contributed by atoms with Gasteiger partial charge in [0.1, 0.15) is 0 Å². The summed E-state index contributed by atoms with van der Waals surface area (Å²) in [4.78, 5) is 16.1. The first-order valence-electron chi connectivity index (χ1n) is 5.47. The summed E-state index contributed by atoms with van der Waals surface area (Å²) in [5.41, 5.74) is 1.20. The summed E-state index contributed by atoms with van der Waals surface area (Å²) in [5, 5.41) is 19.7. The van der Waals surface area contributed by atoms with E-state index < -0.39 is 4.92 Å². The molecule has 94 valence electrons. The molecule has 1 aromatic carbocycles. The van der Waals surface area contributed by atoms with Crippen molar-refractivity contribution >= 4 is 17.2 Å². The minimum Gasteiger partial charge on any atom is -0.324 e. The van der Waals surface area contributed by atoms with Crippen LogP contribution in [0.3, 0.4) is 0 Å². The summed E-state index contributed by atoms with van der Waals surface area (Å²) in [5.74, 6) is 0.261. The second-order valence-electron chi connectivity index (χ2n) is 3.82. The van der Waals surface area contributed by atoms with Crippen molar-refractivity contribution in [3.63, 3.8) is 0 Å². The zero-order valence-electron chi connectivity index (χ0n) is 10.1. The molecule has 0 aliphatic heterocycles. The minimum absolute atomic E-state index is 0.0608. The molecule has 2 aromatic rings. The van der Waals surface area contributed by atoms with Gasteiger partial charge in [-0.25, -0.2) is 4.98 Å². The van der Waals surface area contributed by atoms with Gasteiger partial charge in [0.05, 0.1) is 16.6 Å². The molecule has 0 amide bonds. The molecular formula is C13H10N4O2. The molecule has 0 saturated carbocycles. The number of hydrogen-bond donors (Lipinski definition) is 0. The fourth-order valence-corrected chi connectivity index (χ4v) is 1.67. The Labute approximate surface area is 109 Å². The molecule has 1 aromatic heterocycles. The highest BCUT2D eigenvalue weighted by atomic mass is 16.6. The lowest BCUT2D eigenvalue weighted by Crippen LogP contribution is -2.13. The van der Waals surface area contributed by atoms with Gasteiger partial charge >= 0.3 is 5.69 Å². The lowest BCUT2D eigenvalue weighted by atomic mass is 10.2. The van der Waals surface area contributed by atoms with E-state index in [-0.39, 0.29) is 11.5 Å². The molecule has 0 aliphatic carbocycles. The van der Waals surface area contributed by atoms with Crippen LogP contribution in [0.2, 0.25) is 0 Å². The van der Waals surface area contributed by atoms with Gasteiger partial charge in [0.2, 0.25) is 5.82 Å². The Morgan fingerprint density at radius 3 is 2.58 bits per heavy atom. The Kier molecular flexibility index (Phi) is 3.39. The van der Waals surface area contributed by atoms with Gasteiger partial charge in [0, 0.05) is 25.0 Å². The smallest absolute Gasteiger partial charge is 0.311 e. The van der Waals surface area contributed by atoms with Crippen molar-refractivity contribution in [3.05, 3.63) is 58.3 Å². The molecular weight excluding hydrogens is 244 g/mol. The molecule has 0 saturated heterocycles. The van der Waals surface area contributed by atoms with Gasteiger partial charge in [0.25, 0.3) is 0 Å². The van der Waals surface area contributed by atoms with E-state index in [2.05, 4.69) is 4.98 Å². The molecule has 0 atom stereocenters. The van der Waals surface area contributed by atoms with Gasteiger partial charge in [-0.3, -0.25) is 10.1 Å². The van der Waals surface area contributed by atoms with Crippen molar-refractivity contribution in [1.82, 2.24) is 4.98 Å². The van der Waals surface area contributed by atoms with Gasteiger partial charge in [-0.1, -0.05) is 0 Å². The van der Waals surface area contributed by atoms with Crippen LogP contribution < -0.4 is 4.90 Å². The quantitative estimate of drug-likeness (QED) is 0.621. The number of nitro groups is 1. The molecule has 1 heterocycles. The summed E-state index contributed by atoms with van der Waals surface area (Å²) in [7, 11) is 1.69. The molecule has 19 heavy (non-hydrogen) atoms. The maximum Gasteiger partial charge on any atom is 0.311 e. The number of nitriles is 1. The van der Waals surface area contributed by atoms with Gasteiger partial charge in [-0.05, 0) is 30.3 Å². The molecule has 0 N–H and O–H groups in total. The number of hydrogen-bond acceptors (Lipinski definition) is 5. The Hall–Kier alpha value is -2.94. The Balaban J connectivity index is 2.41. The molecule has 0 fully saturated rings. The zero-order valence-corrected chi connectivity index (χ0v) is 10.1. The molecule has 0 unspecified atom stereocenters. The minimum atomic E-state index is -0.470. The second-order valence-corrected chi connectivity index (χ2v) is 3.82. The first kappa shape index (κ1) is 12.5. The fourth-order valence-electron chi connectivity index (χ4n) is 1.67. The van der Waals surface area contributed by atoms with Crippen molar-refractivity contribution in [2.45, 2.75) is 0 Å². The Morgan fingerprint density at radius 1 is 1.32 bits per heavy atom. The van der Waals surface area contributed by atoms with Crippen molar-refractivity contribution in [1.29, 1.82) is 5.26 Å². The van der Waals surface area contributed by atoms with Crippen LogP contribution in [0.1, 0.15) is 5.56 Å². The lowest BCUT2D eigenvalue weighted by molar-refractivity contribution is -0.384. The van der Waals surface area contributed by atoms with Crippen LogP contribution in [0.25, 0.3) is 0 Å². The third-order valence-electron chi connectivity index (χ3n) is 2.66. The maximum absolute atomic E-state index is 11.0. The normalized spacial score (nSPS) is 9.68. The van der Waals surface area contributed by atoms with Crippen LogP contribution >= 0.6 is 0 Å². The number of benzene rings is 1. The number of rotatable bonds is 3. The number of pyridine rings is 1. The topological polar surface area (TPSA) is 83.1 Å². The molecule has 0 bridgehead atoms. The van der Waals surface area contributed by atoms with E-state index in [0.29, 0.717) is 5.56 Å². The molecule has 6 heteroatoms. The van der Waals surface area contributed by atoms with E-state index >= 15 is 0 Å². The monoisotopic (exact) mass is 254 g/mol. The Bertz CT molecular complexity index is 646. The van der Waals surface area contributed by atoms with Gasteiger partial charge in [0.15, 0.2) is 0 Å². The zero-order chi connectivity index (χ0) is 13.8. The highest BCUT2D eigenvalue weighted by Gasteiger charge is 2.18. The van der Waals surface area contributed by atoms with Crippen molar-refractivity contribution in [2.75, 3.05) is 11.9 Å². The number of aromatic nitrogens is 1. The van der Waals surface area contributed by atoms with E-state index in [0.717, 1.165) is 5.69 Å². The van der Waals surface area contributed by atoms with Gasteiger partial charge in [-0.2, -0.15) is 5.26 Å². The fraction of sp³-hybridized carbons (Fsp3) is 0.0769. The molecule has 6 nitrogen and oxygen atoms in total. The van der Waals surface area contributed by atoms with Crippen LogP contribution in [0.4, 0.5) is 17.2 Å². The van der Waals surface area contributed by atoms with Crippen LogP contribution in [0.5, 0.6) is 0 Å². The number of anilines is 2.